The maximum atomic E-state index is 11.7. The van der Waals surface area contributed by atoms with E-state index in [2.05, 4.69) is 15.6 Å². The van der Waals surface area contributed by atoms with Crippen molar-refractivity contribution in [3.05, 3.63) is 39.6 Å². The summed E-state index contributed by atoms with van der Waals surface area (Å²) in [5, 5.41) is 16.4. The first-order valence-corrected chi connectivity index (χ1v) is 5.67. The van der Waals surface area contributed by atoms with Crippen LogP contribution in [0.15, 0.2) is 23.8 Å². The van der Waals surface area contributed by atoms with Gasteiger partial charge in [-0.15, -0.1) is 12.4 Å². The average Bonchev–Trinajstić information content (AvgIpc) is 2.87. The predicted molar refractivity (Wildman–Crippen MR) is 72.6 cm³/mol. The number of amides is 1. The van der Waals surface area contributed by atoms with Crippen LogP contribution in [-0.2, 0) is 0 Å². The lowest BCUT2D eigenvalue weighted by Gasteiger charge is -2.13. The maximum absolute atomic E-state index is 11.7. The molecular weight excluding hydrogens is 272 g/mol. The molecule has 2 heterocycles. The molecule has 0 aromatic carbocycles. The molecule has 104 valence electrons. The molecule has 1 amide bonds. The Morgan fingerprint density at radius 3 is 2.84 bits per heavy atom. The summed E-state index contributed by atoms with van der Waals surface area (Å²) in [5.74, 6) is -0.510. The largest absolute Gasteiger partial charge is 0.358 e. The lowest BCUT2D eigenvalue weighted by molar-refractivity contribution is -0.389. The number of nitro groups is 1. The van der Waals surface area contributed by atoms with Gasteiger partial charge in [-0.1, -0.05) is 11.6 Å². The second-order valence-corrected chi connectivity index (χ2v) is 4.01. The third-order valence-corrected chi connectivity index (χ3v) is 2.75. The number of nitrogens with one attached hydrogen (secondary N) is 3. The van der Waals surface area contributed by atoms with Crippen LogP contribution in [0, 0.1) is 10.1 Å². The van der Waals surface area contributed by atoms with Gasteiger partial charge in [0.2, 0.25) is 0 Å². The van der Waals surface area contributed by atoms with Gasteiger partial charge >= 0.3 is 5.82 Å². The van der Waals surface area contributed by atoms with E-state index < -0.39 is 4.92 Å². The molecule has 1 aliphatic rings. The number of aromatic amines is 1. The summed E-state index contributed by atoms with van der Waals surface area (Å²) in [6.45, 7) is 2.21. The monoisotopic (exact) mass is 286 g/mol. The van der Waals surface area contributed by atoms with Crippen LogP contribution in [0.1, 0.15) is 16.9 Å². The molecule has 0 saturated carbocycles. The molecule has 1 aliphatic heterocycles. The van der Waals surface area contributed by atoms with Gasteiger partial charge in [0.05, 0.1) is 0 Å². The van der Waals surface area contributed by atoms with Crippen LogP contribution in [0.25, 0.3) is 0 Å². The summed E-state index contributed by atoms with van der Waals surface area (Å²) < 4.78 is 0. The van der Waals surface area contributed by atoms with E-state index in [-0.39, 0.29) is 29.8 Å². The molecule has 1 aromatic heterocycles. The van der Waals surface area contributed by atoms with Crippen molar-refractivity contribution in [2.24, 2.45) is 0 Å². The number of rotatable bonds is 4. The van der Waals surface area contributed by atoms with Crippen molar-refractivity contribution >= 4 is 24.1 Å². The molecule has 8 heteroatoms. The molecule has 0 unspecified atom stereocenters. The number of aromatic nitrogens is 1. The average molecular weight is 287 g/mol. The number of nitrogens with zero attached hydrogens (tertiary/aromatic N) is 1. The smallest absolute Gasteiger partial charge is 0.321 e. The van der Waals surface area contributed by atoms with E-state index in [9.17, 15) is 14.9 Å². The molecule has 0 saturated heterocycles. The minimum atomic E-state index is -0.563. The normalized spacial score (nSPS) is 14.2. The van der Waals surface area contributed by atoms with Gasteiger partial charge < -0.3 is 20.7 Å². The Hall–Kier alpha value is -1.86. The number of hydrogen-bond acceptors (Lipinski definition) is 4. The Labute approximate surface area is 116 Å². The summed E-state index contributed by atoms with van der Waals surface area (Å²) in [6.07, 6.45) is 2.95. The highest BCUT2D eigenvalue weighted by atomic mass is 35.5. The molecule has 7 nitrogen and oxygen atoms in total. The molecule has 0 bridgehead atoms. The number of hydrogen-bond donors (Lipinski definition) is 3. The quantitative estimate of drug-likeness (QED) is 0.436. The highest BCUT2D eigenvalue weighted by Crippen LogP contribution is 2.10. The van der Waals surface area contributed by atoms with Gasteiger partial charge in [-0.25, -0.2) is 4.98 Å². The van der Waals surface area contributed by atoms with Gasteiger partial charge in [-0.05, 0) is 24.0 Å². The number of carbonyl (C=O) groups excluding carboxylic acids is 1. The van der Waals surface area contributed by atoms with Crippen LogP contribution >= 0.6 is 12.4 Å². The number of carbonyl (C=O) groups is 1. The summed E-state index contributed by atoms with van der Waals surface area (Å²) in [5.41, 5.74) is 1.37. The molecule has 0 spiro atoms. The zero-order valence-electron chi connectivity index (χ0n) is 10.1. The minimum Gasteiger partial charge on any atom is -0.358 e. The first-order chi connectivity index (χ1) is 8.66. The Kier molecular flexibility index (Phi) is 5.53. The molecular formula is C11H15ClN4O3. The minimum absolute atomic E-state index is 0. The molecule has 0 fully saturated rings. The second kappa shape index (κ2) is 6.91. The fraction of sp³-hybridized carbons (Fsp3) is 0.364. The molecule has 0 atom stereocenters. The molecule has 19 heavy (non-hydrogen) atoms. The fourth-order valence-electron chi connectivity index (χ4n) is 1.74. The summed E-state index contributed by atoms with van der Waals surface area (Å²) in [7, 11) is 0. The van der Waals surface area contributed by atoms with Crippen molar-refractivity contribution in [1.82, 2.24) is 15.6 Å². The van der Waals surface area contributed by atoms with Crippen LogP contribution in [0.3, 0.4) is 0 Å². The van der Waals surface area contributed by atoms with Gasteiger partial charge in [-0.3, -0.25) is 4.79 Å². The first kappa shape index (κ1) is 15.2. The third kappa shape index (κ3) is 4.08. The molecule has 2 rings (SSSR count). The highest BCUT2D eigenvalue weighted by molar-refractivity contribution is 5.93. The summed E-state index contributed by atoms with van der Waals surface area (Å²) >= 11 is 0. The summed E-state index contributed by atoms with van der Waals surface area (Å²) in [4.78, 5) is 24.1. The Balaban J connectivity index is 0.00000180. The van der Waals surface area contributed by atoms with Crippen molar-refractivity contribution in [3.8, 4) is 0 Å². The maximum Gasteiger partial charge on any atom is 0.321 e. The van der Waals surface area contributed by atoms with Gasteiger partial charge in [0.15, 0.2) is 5.69 Å². The standard InChI is InChI=1S/C11H14N4O3.ClH/c16-11(9-1-2-10(14-9)15(17)18)13-7-8-3-5-12-6-4-8;/h1-3,12,14H,4-7H2,(H,13,16);1H. The van der Waals surface area contributed by atoms with E-state index in [1.165, 1.54) is 17.7 Å². The van der Waals surface area contributed by atoms with E-state index in [1.54, 1.807) is 0 Å². The van der Waals surface area contributed by atoms with Crippen molar-refractivity contribution in [2.75, 3.05) is 19.6 Å². The van der Waals surface area contributed by atoms with Crippen LogP contribution < -0.4 is 10.6 Å². The number of H-pyrrole nitrogens is 1. The van der Waals surface area contributed by atoms with Crippen molar-refractivity contribution in [1.29, 1.82) is 0 Å². The van der Waals surface area contributed by atoms with E-state index in [0.29, 0.717) is 6.54 Å². The van der Waals surface area contributed by atoms with E-state index in [0.717, 1.165) is 19.5 Å². The lowest BCUT2D eigenvalue weighted by Crippen LogP contribution is -2.29. The molecule has 0 radical (unpaired) electrons. The Morgan fingerprint density at radius 1 is 1.47 bits per heavy atom. The zero-order valence-corrected chi connectivity index (χ0v) is 11.0. The third-order valence-electron chi connectivity index (χ3n) is 2.75. The van der Waals surface area contributed by atoms with Gasteiger partial charge in [0, 0.05) is 19.2 Å². The predicted octanol–water partition coefficient (Wildman–Crippen LogP) is 0.994. The van der Waals surface area contributed by atoms with Crippen molar-refractivity contribution < 1.29 is 9.72 Å². The zero-order chi connectivity index (χ0) is 13.0. The Morgan fingerprint density at radius 2 is 2.26 bits per heavy atom. The molecule has 0 aliphatic carbocycles. The topological polar surface area (TPSA) is 100 Å². The van der Waals surface area contributed by atoms with E-state index in [1.807, 2.05) is 6.08 Å². The van der Waals surface area contributed by atoms with E-state index >= 15 is 0 Å². The van der Waals surface area contributed by atoms with Crippen molar-refractivity contribution in [2.45, 2.75) is 6.42 Å². The second-order valence-electron chi connectivity index (χ2n) is 4.01. The molecule has 1 aromatic rings. The highest BCUT2D eigenvalue weighted by Gasteiger charge is 2.15. The van der Waals surface area contributed by atoms with Gasteiger partial charge in [-0.2, -0.15) is 0 Å². The lowest BCUT2D eigenvalue weighted by atomic mass is 10.1. The number of halogens is 1. The van der Waals surface area contributed by atoms with Crippen LogP contribution in [0.2, 0.25) is 0 Å². The SMILES string of the molecule is Cl.O=C(NCC1=CCNCC1)c1ccc([N+](=O)[O-])[nH]1. The van der Waals surface area contributed by atoms with Crippen molar-refractivity contribution in [3.63, 3.8) is 0 Å². The van der Waals surface area contributed by atoms with Crippen LogP contribution in [0.5, 0.6) is 0 Å². The molecule has 3 N–H and O–H groups in total. The van der Waals surface area contributed by atoms with Crippen LogP contribution in [0.4, 0.5) is 5.82 Å². The van der Waals surface area contributed by atoms with Gasteiger partial charge in [0.25, 0.3) is 5.91 Å². The van der Waals surface area contributed by atoms with Gasteiger partial charge in [0.1, 0.15) is 0 Å². The Bertz CT molecular complexity index is 498. The van der Waals surface area contributed by atoms with E-state index in [4.69, 9.17) is 0 Å². The van der Waals surface area contributed by atoms with Crippen LogP contribution in [-0.4, -0.2) is 35.4 Å². The fourth-order valence-corrected chi connectivity index (χ4v) is 1.74. The first-order valence-electron chi connectivity index (χ1n) is 5.67. The summed E-state index contributed by atoms with van der Waals surface area (Å²) in [6, 6.07) is 2.68.